The molecule has 0 saturated carbocycles. The summed E-state index contributed by atoms with van der Waals surface area (Å²) >= 11 is 0. The van der Waals surface area contributed by atoms with Crippen LogP contribution in [-0.2, 0) is 10.0 Å². The second-order valence-electron chi connectivity index (χ2n) is 3.97. The van der Waals surface area contributed by atoms with E-state index in [1.807, 2.05) is 13.8 Å². The maximum atomic E-state index is 12.5. The standard InChI is InChI=1S/C10H15FN2O2S/c1-8(2)5-6-16(14,15)13-9-3-4-10(11)12-7-9/h3-4,7-8,13H,5-6H2,1-2H3. The Kier molecular flexibility index (Phi) is 4.23. The number of aromatic nitrogens is 1. The van der Waals surface area contributed by atoms with Gasteiger partial charge in [-0.1, -0.05) is 13.8 Å². The van der Waals surface area contributed by atoms with Gasteiger partial charge in [0.05, 0.1) is 17.6 Å². The van der Waals surface area contributed by atoms with Crippen LogP contribution in [-0.4, -0.2) is 19.2 Å². The lowest BCUT2D eigenvalue weighted by atomic mass is 10.2. The molecule has 1 rings (SSSR count). The molecule has 4 nitrogen and oxygen atoms in total. The summed E-state index contributed by atoms with van der Waals surface area (Å²) in [5, 5.41) is 0. The fourth-order valence-corrected chi connectivity index (χ4v) is 2.42. The van der Waals surface area contributed by atoms with Crippen molar-refractivity contribution in [3.63, 3.8) is 0 Å². The molecule has 1 heterocycles. The minimum Gasteiger partial charge on any atom is -0.282 e. The molecule has 0 aromatic carbocycles. The maximum Gasteiger partial charge on any atom is 0.232 e. The fourth-order valence-electron chi connectivity index (χ4n) is 1.06. The summed E-state index contributed by atoms with van der Waals surface area (Å²) in [5.41, 5.74) is 0.283. The second-order valence-corrected chi connectivity index (χ2v) is 5.81. The van der Waals surface area contributed by atoms with Crippen molar-refractivity contribution < 1.29 is 12.8 Å². The van der Waals surface area contributed by atoms with Gasteiger partial charge in [-0.25, -0.2) is 13.4 Å². The summed E-state index contributed by atoms with van der Waals surface area (Å²) in [6.45, 7) is 3.91. The molecule has 0 atom stereocenters. The number of hydrogen-bond acceptors (Lipinski definition) is 3. The summed E-state index contributed by atoms with van der Waals surface area (Å²) < 4.78 is 37.9. The molecule has 0 amide bonds. The SMILES string of the molecule is CC(C)CCS(=O)(=O)Nc1ccc(F)nc1. The van der Waals surface area contributed by atoms with E-state index in [1.54, 1.807) is 0 Å². The average Bonchev–Trinajstić information content (AvgIpc) is 2.19. The highest BCUT2D eigenvalue weighted by Crippen LogP contribution is 2.10. The van der Waals surface area contributed by atoms with E-state index in [1.165, 1.54) is 6.07 Å². The molecule has 0 aliphatic heterocycles. The van der Waals surface area contributed by atoms with Gasteiger partial charge in [0.25, 0.3) is 0 Å². The Morgan fingerprint density at radius 2 is 2.12 bits per heavy atom. The van der Waals surface area contributed by atoms with E-state index in [2.05, 4.69) is 9.71 Å². The van der Waals surface area contributed by atoms with Gasteiger partial charge in [-0.15, -0.1) is 0 Å². The van der Waals surface area contributed by atoms with E-state index in [-0.39, 0.29) is 11.4 Å². The number of sulfonamides is 1. The van der Waals surface area contributed by atoms with Crippen LogP contribution in [0.15, 0.2) is 18.3 Å². The third-order valence-corrected chi connectivity index (χ3v) is 3.28. The van der Waals surface area contributed by atoms with Gasteiger partial charge in [0.2, 0.25) is 16.0 Å². The first-order chi connectivity index (χ1) is 7.39. The fraction of sp³-hybridized carbons (Fsp3) is 0.500. The molecule has 16 heavy (non-hydrogen) atoms. The van der Waals surface area contributed by atoms with Crippen molar-refractivity contribution in [3.8, 4) is 0 Å². The Morgan fingerprint density at radius 3 is 2.62 bits per heavy atom. The predicted octanol–water partition coefficient (Wildman–Crippen LogP) is 2.01. The summed E-state index contributed by atoms with van der Waals surface area (Å²) in [7, 11) is -3.35. The van der Waals surface area contributed by atoms with Crippen molar-refractivity contribution in [2.75, 3.05) is 10.5 Å². The normalized spacial score (nSPS) is 11.8. The van der Waals surface area contributed by atoms with Crippen molar-refractivity contribution in [1.82, 2.24) is 4.98 Å². The van der Waals surface area contributed by atoms with Crippen LogP contribution < -0.4 is 4.72 Å². The molecule has 0 unspecified atom stereocenters. The van der Waals surface area contributed by atoms with Gasteiger partial charge < -0.3 is 0 Å². The summed E-state index contributed by atoms with van der Waals surface area (Å²) in [6.07, 6.45) is 1.74. The zero-order valence-electron chi connectivity index (χ0n) is 9.27. The van der Waals surface area contributed by atoms with Gasteiger partial charge in [0.1, 0.15) is 0 Å². The highest BCUT2D eigenvalue weighted by atomic mass is 32.2. The first kappa shape index (κ1) is 12.9. The van der Waals surface area contributed by atoms with Crippen molar-refractivity contribution >= 4 is 15.7 Å². The summed E-state index contributed by atoms with van der Waals surface area (Å²) in [5.74, 6) is -0.254. The summed E-state index contributed by atoms with van der Waals surface area (Å²) in [4.78, 5) is 3.36. The van der Waals surface area contributed by atoms with Crippen LogP contribution in [0.1, 0.15) is 20.3 Å². The van der Waals surface area contributed by atoms with Crippen LogP contribution in [0.5, 0.6) is 0 Å². The predicted molar refractivity (Wildman–Crippen MR) is 61.1 cm³/mol. The van der Waals surface area contributed by atoms with Crippen molar-refractivity contribution in [1.29, 1.82) is 0 Å². The van der Waals surface area contributed by atoms with E-state index in [0.29, 0.717) is 12.3 Å². The molecular weight excluding hydrogens is 231 g/mol. The molecule has 0 radical (unpaired) electrons. The van der Waals surface area contributed by atoms with Gasteiger partial charge in [0, 0.05) is 0 Å². The number of nitrogens with one attached hydrogen (secondary N) is 1. The quantitative estimate of drug-likeness (QED) is 0.808. The Hall–Kier alpha value is -1.17. The highest BCUT2D eigenvalue weighted by molar-refractivity contribution is 7.92. The largest absolute Gasteiger partial charge is 0.282 e. The van der Waals surface area contributed by atoms with Crippen molar-refractivity contribution in [3.05, 3.63) is 24.3 Å². The number of halogens is 1. The Labute approximate surface area is 95.0 Å². The van der Waals surface area contributed by atoms with Gasteiger partial charge in [0.15, 0.2) is 0 Å². The van der Waals surface area contributed by atoms with E-state index in [9.17, 15) is 12.8 Å². The number of hydrogen-bond donors (Lipinski definition) is 1. The molecule has 0 bridgehead atoms. The van der Waals surface area contributed by atoms with Crippen molar-refractivity contribution in [2.45, 2.75) is 20.3 Å². The molecule has 1 aromatic heterocycles. The minimum atomic E-state index is -3.35. The van der Waals surface area contributed by atoms with Gasteiger partial charge in [-0.2, -0.15) is 4.39 Å². The zero-order chi connectivity index (χ0) is 12.2. The van der Waals surface area contributed by atoms with Gasteiger partial charge in [-0.3, -0.25) is 4.72 Å². The third kappa shape index (κ3) is 4.57. The summed E-state index contributed by atoms with van der Waals surface area (Å²) in [6, 6.07) is 2.45. The number of nitrogens with zero attached hydrogens (tertiary/aromatic N) is 1. The van der Waals surface area contributed by atoms with Crippen LogP contribution in [0, 0.1) is 11.9 Å². The Balaban J connectivity index is 2.62. The lowest BCUT2D eigenvalue weighted by Crippen LogP contribution is -2.18. The van der Waals surface area contributed by atoms with Crippen molar-refractivity contribution in [2.24, 2.45) is 5.92 Å². The van der Waals surface area contributed by atoms with E-state index in [0.717, 1.165) is 12.3 Å². The molecule has 0 aliphatic rings. The topological polar surface area (TPSA) is 59.1 Å². The number of rotatable bonds is 5. The molecular formula is C10H15FN2O2S. The van der Waals surface area contributed by atoms with Crippen LogP contribution in [0.2, 0.25) is 0 Å². The molecule has 0 fully saturated rings. The van der Waals surface area contributed by atoms with Crippen LogP contribution in [0.4, 0.5) is 10.1 Å². The third-order valence-electron chi connectivity index (χ3n) is 1.96. The smallest absolute Gasteiger partial charge is 0.232 e. The number of anilines is 1. The van der Waals surface area contributed by atoms with Crippen LogP contribution in [0.25, 0.3) is 0 Å². The molecule has 1 aromatic rings. The molecule has 0 spiro atoms. The van der Waals surface area contributed by atoms with E-state index >= 15 is 0 Å². The second kappa shape index (κ2) is 5.25. The maximum absolute atomic E-state index is 12.5. The van der Waals surface area contributed by atoms with Crippen LogP contribution in [0.3, 0.4) is 0 Å². The van der Waals surface area contributed by atoms with E-state index in [4.69, 9.17) is 0 Å². The molecule has 90 valence electrons. The first-order valence-electron chi connectivity index (χ1n) is 5.01. The lowest BCUT2D eigenvalue weighted by Gasteiger charge is -2.08. The molecule has 1 N–H and O–H groups in total. The number of pyridine rings is 1. The minimum absolute atomic E-state index is 0.0576. The Bertz CT molecular complexity index is 429. The zero-order valence-corrected chi connectivity index (χ0v) is 10.1. The van der Waals surface area contributed by atoms with E-state index < -0.39 is 16.0 Å². The van der Waals surface area contributed by atoms with Crippen LogP contribution >= 0.6 is 0 Å². The first-order valence-corrected chi connectivity index (χ1v) is 6.66. The molecule has 0 saturated heterocycles. The van der Waals surface area contributed by atoms with Gasteiger partial charge >= 0.3 is 0 Å². The highest BCUT2D eigenvalue weighted by Gasteiger charge is 2.11. The lowest BCUT2D eigenvalue weighted by molar-refractivity contribution is 0.576. The average molecular weight is 246 g/mol. The van der Waals surface area contributed by atoms with Gasteiger partial charge in [-0.05, 0) is 24.5 Å². The Morgan fingerprint density at radius 1 is 1.44 bits per heavy atom. The monoisotopic (exact) mass is 246 g/mol. The molecule has 0 aliphatic carbocycles. The molecule has 6 heteroatoms.